The lowest BCUT2D eigenvalue weighted by molar-refractivity contribution is 0.281. The number of hydrogen-bond donors (Lipinski definition) is 0. The van der Waals surface area contributed by atoms with Gasteiger partial charge in [-0.2, -0.15) is 0 Å². The third-order valence-corrected chi connectivity index (χ3v) is 1.09. The molecule has 0 aliphatic rings. The first-order chi connectivity index (χ1) is 4.48. The van der Waals surface area contributed by atoms with E-state index in [1.54, 1.807) is 18.4 Å². The van der Waals surface area contributed by atoms with Gasteiger partial charge in [0.05, 0.1) is 0 Å². The van der Waals surface area contributed by atoms with Gasteiger partial charge in [-0.25, -0.2) is 0 Å². The van der Waals surface area contributed by atoms with Crippen LogP contribution in [-0.4, -0.2) is 10.5 Å². The maximum Gasteiger partial charge on any atom is 0.0139 e. The number of allylic oxidation sites excluding steroid dienone is 2. The largest absolute Gasteiger partial charge is 0.583 e. The fourth-order valence-corrected chi connectivity index (χ4v) is 0.371. The molecule has 0 aliphatic heterocycles. The molecular formula is C8H15N2-. The third kappa shape index (κ3) is 3.30. The molecule has 0 aromatic carbocycles. The molecule has 2 nitrogen and oxygen atoms in total. The number of nitrogens with zero attached hydrogens (tertiary/aromatic N) is 1. The van der Waals surface area contributed by atoms with E-state index in [-0.39, 0.29) is 5.54 Å². The number of hydrogen-bond acceptors (Lipinski definition) is 1. The van der Waals surface area contributed by atoms with Crippen molar-refractivity contribution in [2.75, 3.05) is 0 Å². The molecule has 0 saturated heterocycles. The van der Waals surface area contributed by atoms with Gasteiger partial charge in [-0.05, 0) is 33.0 Å². The van der Waals surface area contributed by atoms with Gasteiger partial charge in [-0.3, -0.25) is 0 Å². The van der Waals surface area contributed by atoms with Crippen LogP contribution in [-0.2, 0) is 0 Å². The molecule has 2 heteroatoms. The zero-order chi connectivity index (χ0) is 8.20. The number of rotatable bonds is 2. The smallest absolute Gasteiger partial charge is 0.0139 e. The van der Waals surface area contributed by atoms with Gasteiger partial charge in [0.25, 0.3) is 0 Å². The Kier molecular flexibility index (Phi) is 3.16. The minimum absolute atomic E-state index is 0.125. The van der Waals surface area contributed by atoms with Crippen molar-refractivity contribution in [2.24, 2.45) is 0 Å². The Morgan fingerprint density at radius 2 is 1.90 bits per heavy atom. The van der Waals surface area contributed by atoms with Gasteiger partial charge in [0, 0.05) is 5.54 Å². The van der Waals surface area contributed by atoms with Crippen LogP contribution in [0.1, 0.15) is 20.8 Å². The highest BCUT2D eigenvalue weighted by atomic mass is 15.4. The highest BCUT2D eigenvalue weighted by Crippen LogP contribution is 2.12. The third-order valence-electron chi connectivity index (χ3n) is 1.09. The van der Waals surface area contributed by atoms with Gasteiger partial charge in [-0.15, -0.1) is 0 Å². The van der Waals surface area contributed by atoms with E-state index in [9.17, 15) is 0 Å². The fraction of sp³-hybridized carbons (Fsp3) is 0.500. The summed E-state index contributed by atoms with van der Waals surface area (Å²) in [5.41, 5.74) is -0.125. The van der Waals surface area contributed by atoms with Crippen molar-refractivity contribution >= 4 is 0 Å². The van der Waals surface area contributed by atoms with Crippen molar-refractivity contribution in [1.29, 1.82) is 0 Å². The normalized spacial score (nSPS) is 12.0. The molecule has 0 radical (unpaired) electrons. The van der Waals surface area contributed by atoms with Crippen LogP contribution in [0.3, 0.4) is 0 Å². The van der Waals surface area contributed by atoms with E-state index in [4.69, 9.17) is 5.84 Å². The van der Waals surface area contributed by atoms with Crippen LogP contribution in [0, 0.1) is 0 Å². The van der Waals surface area contributed by atoms with Gasteiger partial charge in [0.1, 0.15) is 0 Å². The van der Waals surface area contributed by atoms with E-state index in [2.05, 4.69) is 6.58 Å². The summed E-state index contributed by atoms with van der Waals surface area (Å²) in [5, 5.41) is 1.40. The van der Waals surface area contributed by atoms with Gasteiger partial charge < -0.3 is 10.9 Å². The summed E-state index contributed by atoms with van der Waals surface area (Å²) in [6.45, 7) is 9.46. The SMILES string of the molecule is C=C/C=C\N([NH-])C(C)(C)C. The topological polar surface area (TPSA) is 27.0 Å². The molecule has 0 unspecified atom stereocenters. The van der Waals surface area contributed by atoms with Gasteiger partial charge in [0.2, 0.25) is 0 Å². The van der Waals surface area contributed by atoms with Crippen LogP contribution in [0.4, 0.5) is 0 Å². The average Bonchev–Trinajstić information content (AvgIpc) is 1.80. The Morgan fingerprint density at radius 1 is 1.40 bits per heavy atom. The van der Waals surface area contributed by atoms with E-state index in [0.717, 1.165) is 0 Å². The second-order valence-corrected chi connectivity index (χ2v) is 3.12. The lowest BCUT2D eigenvalue weighted by Crippen LogP contribution is -2.30. The van der Waals surface area contributed by atoms with Crippen LogP contribution >= 0.6 is 0 Å². The molecule has 10 heavy (non-hydrogen) atoms. The molecule has 0 spiro atoms. The first-order valence-corrected chi connectivity index (χ1v) is 3.28. The Labute approximate surface area is 63.0 Å². The quantitative estimate of drug-likeness (QED) is 0.427. The van der Waals surface area contributed by atoms with Crippen LogP contribution in [0.2, 0.25) is 0 Å². The summed E-state index contributed by atoms with van der Waals surface area (Å²) in [7, 11) is 0. The van der Waals surface area contributed by atoms with E-state index in [1.807, 2.05) is 20.8 Å². The highest BCUT2D eigenvalue weighted by Gasteiger charge is 2.07. The predicted molar refractivity (Wildman–Crippen MR) is 45.3 cm³/mol. The molecule has 0 aromatic rings. The fourth-order valence-electron chi connectivity index (χ4n) is 0.371. The first-order valence-electron chi connectivity index (χ1n) is 3.28. The molecule has 0 saturated carbocycles. The lowest BCUT2D eigenvalue weighted by atomic mass is 10.1. The molecule has 58 valence electrons. The van der Waals surface area contributed by atoms with E-state index >= 15 is 0 Å². The summed E-state index contributed by atoms with van der Waals surface area (Å²) >= 11 is 0. The molecule has 0 fully saturated rings. The van der Waals surface area contributed by atoms with Crippen molar-refractivity contribution < 1.29 is 0 Å². The van der Waals surface area contributed by atoms with Crippen molar-refractivity contribution in [3.8, 4) is 0 Å². The molecule has 0 aromatic heterocycles. The summed E-state index contributed by atoms with van der Waals surface area (Å²) in [5.74, 6) is 7.43. The summed E-state index contributed by atoms with van der Waals surface area (Å²) in [6.07, 6.45) is 5.10. The molecule has 0 amide bonds. The lowest BCUT2D eigenvalue weighted by Gasteiger charge is -2.39. The van der Waals surface area contributed by atoms with Crippen LogP contribution < -0.4 is 0 Å². The van der Waals surface area contributed by atoms with Crippen molar-refractivity contribution in [3.63, 3.8) is 0 Å². The molecular weight excluding hydrogens is 124 g/mol. The first kappa shape index (κ1) is 9.24. The summed E-state index contributed by atoms with van der Waals surface area (Å²) < 4.78 is 0. The maximum atomic E-state index is 7.43. The van der Waals surface area contributed by atoms with Crippen molar-refractivity contribution in [3.05, 3.63) is 30.8 Å². The summed E-state index contributed by atoms with van der Waals surface area (Å²) in [4.78, 5) is 0. The Bertz CT molecular complexity index is 131. The number of nitrogens with one attached hydrogen (secondary N) is 1. The molecule has 1 N–H and O–H groups in total. The molecule has 0 bridgehead atoms. The standard InChI is InChI=1S/C8H15N2/c1-5-6-7-10(9)8(2,3)4/h5-7,9H,1H2,2-4H3/q-1/b7-6-. The van der Waals surface area contributed by atoms with Gasteiger partial charge in [0.15, 0.2) is 0 Å². The Hall–Kier alpha value is -0.760. The molecule has 0 atom stereocenters. The van der Waals surface area contributed by atoms with Crippen molar-refractivity contribution in [1.82, 2.24) is 5.01 Å². The van der Waals surface area contributed by atoms with Crippen molar-refractivity contribution in [2.45, 2.75) is 26.3 Å². The highest BCUT2D eigenvalue weighted by molar-refractivity contribution is 4.99. The zero-order valence-corrected chi connectivity index (χ0v) is 6.89. The maximum absolute atomic E-state index is 7.43. The second-order valence-electron chi connectivity index (χ2n) is 3.12. The van der Waals surface area contributed by atoms with E-state index in [1.165, 1.54) is 5.01 Å². The van der Waals surface area contributed by atoms with Crippen LogP contribution in [0.5, 0.6) is 0 Å². The van der Waals surface area contributed by atoms with Crippen LogP contribution in [0.25, 0.3) is 5.84 Å². The molecule has 0 heterocycles. The summed E-state index contributed by atoms with van der Waals surface area (Å²) in [6, 6.07) is 0. The van der Waals surface area contributed by atoms with Gasteiger partial charge >= 0.3 is 0 Å². The van der Waals surface area contributed by atoms with E-state index in [0.29, 0.717) is 0 Å². The monoisotopic (exact) mass is 139 g/mol. The minimum atomic E-state index is -0.125. The van der Waals surface area contributed by atoms with E-state index < -0.39 is 0 Å². The zero-order valence-electron chi connectivity index (χ0n) is 6.89. The average molecular weight is 139 g/mol. The van der Waals surface area contributed by atoms with Gasteiger partial charge in [-0.1, -0.05) is 12.7 Å². The van der Waals surface area contributed by atoms with Crippen LogP contribution in [0.15, 0.2) is 24.9 Å². The molecule has 0 aliphatic carbocycles. The Balaban J connectivity index is 3.96. The minimum Gasteiger partial charge on any atom is -0.583 e. The molecule has 0 rings (SSSR count). The predicted octanol–water partition coefficient (Wildman–Crippen LogP) is 2.75. The Morgan fingerprint density at radius 3 is 2.20 bits per heavy atom. The second kappa shape index (κ2) is 3.42.